The summed E-state index contributed by atoms with van der Waals surface area (Å²) in [6, 6.07) is 12.6. The standard InChI is InChI=1S/C21H21N3OS2/c1-13(2)22-12-16(17-7-5-6-8-18(17)22)11-19-20(25)24(21(26)27-19)23-14(3)9-10-15(23)4/h5-13H,1-4H3/b19-11+. The number of rotatable bonds is 3. The third-order valence-electron chi connectivity index (χ3n) is 4.82. The molecule has 1 fully saturated rings. The lowest BCUT2D eigenvalue weighted by atomic mass is 10.1. The summed E-state index contributed by atoms with van der Waals surface area (Å²) in [6.07, 6.45) is 4.09. The first-order chi connectivity index (χ1) is 12.9. The summed E-state index contributed by atoms with van der Waals surface area (Å²) in [5, 5.41) is 2.74. The van der Waals surface area contributed by atoms with E-state index in [9.17, 15) is 4.79 Å². The topological polar surface area (TPSA) is 30.2 Å². The second kappa shape index (κ2) is 6.69. The fourth-order valence-corrected chi connectivity index (χ4v) is 4.76. The molecule has 27 heavy (non-hydrogen) atoms. The summed E-state index contributed by atoms with van der Waals surface area (Å²) < 4.78 is 4.68. The molecule has 1 amide bonds. The van der Waals surface area contributed by atoms with Gasteiger partial charge < -0.3 is 4.57 Å². The number of aryl methyl sites for hydroxylation is 2. The van der Waals surface area contributed by atoms with Crippen molar-refractivity contribution in [3.63, 3.8) is 0 Å². The normalized spacial score (nSPS) is 16.5. The van der Waals surface area contributed by atoms with E-state index in [4.69, 9.17) is 12.2 Å². The fourth-order valence-electron chi connectivity index (χ4n) is 3.52. The molecule has 0 bridgehead atoms. The van der Waals surface area contributed by atoms with Crippen LogP contribution in [0.3, 0.4) is 0 Å². The van der Waals surface area contributed by atoms with Crippen LogP contribution in [0.2, 0.25) is 0 Å². The van der Waals surface area contributed by atoms with Gasteiger partial charge in [-0.15, -0.1) is 0 Å². The molecule has 6 heteroatoms. The lowest BCUT2D eigenvalue weighted by molar-refractivity contribution is -0.114. The number of hydrogen-bond donors (Lipinski definition) is 0. The molecule has 138 valence electrons. The highest BCUT2D eigenvalue weighted by molar-refractivity contribution is 8.27. The maximum atomic E-state index is 13.1. The molecule has 0 atom stereocenters. The number of para-hydroxylation sites is 1. The van der Waals surface area contributed by atoms with Crippen molar-refractivity contribution in [3.8, 4) is 0 Å². The highest BCUT2D eigenvalue weighted by atomic mass is 32.2. The number of amides is 1. The van der Waals surface area contributed by atoms with Crippen LogP contribution in [0.25, 0.3) is 17.0 Å². The molecule has 1 aliphatic heterocycles. The first-order valence-corrected chi connectivity index (χ1v) is 10.1. The van der Waals surface area contributed by atoms with Crippen molar-refractivity contribution in [2.24, 2.45) is 0 Å². The molecule has 1 aromatic carbocycles. The molecule has 4 rings (SSSR count). The summed E-state index contributed by atoms with van der Waals surface area (Å²) in [7, 11) is 0. The molecule has 0 unspecified atom stereocenters. The highest BCUT2D eigenvalue weighted by Crippen LogP contribution is 2.35. The molecule has 0 saturated carbocycles. The van der Waals surface area contributed by atoms with E-state index >= 15 is 0 Å². The number of carbonyl (C=O) groups is 1. The van der Waals surface area contributed by atoms with Crippen LogP contribution in [0.15, 0.2) is 47.5 Å². The van der Waals surface area contributed by atoms with E-state index in [0.29, 0.717) is 15.3 Å². The van der Waals surface area contributed by atoms with Gasteiger partial charge in [-0.3, -0.25) is 9.47 Å². The molecule has 2 aromatic heterocycles. The van der Waals surface area contributed by atoms with Gasteiger partial charge in [0.25, 0.3) is 5.91 Å². The number of thioether (sulfide) groups is 1. The van der Waals surface area contributed by atoms with Crippen molar-refractivity contribution in [1.82, 2.24) is 9.24 Å². The molecule has 1 saturated heterocycles. The van der Waals surface area contributed by atoms with E-state index in [1.54, 1.807) is 5.01 Å². The van der Waals surface area contributed by atoms with Crippen molar-refractivity contribution < 1.29 is 4.79 Å². The van der Waals surface area contributed by atoms with Crippen molar-refractivity contribution >= 4 is 51.2 Å². The number of benzene rings is 1. The molecule has 3 heterocycles. The summed E-state index contributed by atoms with van der Waals surface area (Å²) in [5.41, 5.74) is 4.19. The van der Waals surface area contributed by atoms with Crippen molar-refractivity contribution in [3.05, 3.63) is 64.5 Å². The van der Waals surface area contributed by atoms with Gasteiger partial charge in [-0.05, 0) is 64.2 Å². The van der Waals surface area contributed by atoms with Crippen LogP contribution >= 0.6 is 24.0 Å². The van der Waals surface area contributed by atoms with Gasteiger partial charge in [0.15, 0.2) is 4.32 Å². The largest absolute Gasteiger partial charge is 0.344 e. The van der Waals surface area contributed by atoms with E-state index < -0.39 is 0 Å². The second-order valence-corrected chi connectivity index (χ2v) is 8.70. The molecule has 4 nitrogen and oxygen atoms in total. The quantitative estimate of drug-likeness (QED) is 0.452. The van der Waals surface area contributed by atoms with E-state index in [1.807, 2.05) is 48.9 Å². The van der Waals surface area contributed by atoms with Gasteiger partial charge >= 0.3 is 0 Å². The van der Waals surface area contributed by atoms with E-state index in [0.717, 1.165) is 22.3 Å². The Hall–Kier alpha value is -2.31. The lowest BCUT2D eigenvalue weighted by Crippen LogP contribution is -2.39. The Morgan fingerprint density at radius 1 is 1.07 bits per heavy atom. The van der Waals surface area contributed by atoms with Gasteiger partial charge in [0.2, 0.25) is 0 Å². The minimum Gasteiger partial charge on any atom is -0.344 e. The molecule has 0 aliphatic carbocycles. The predicted octanol–water partition coefficient (Wildman–Crippen LogP) is 5.18. The van der Waals surface area contributed by atoms with Gasteiger partial charge in [-0.1, -0.05) is 30.0 Å². The number of carbonyl (C=O) groups excluding carboxylic acids is 1. The second-order valence-electron chi connectivity index (χ2n) is 7.02. The summed E-state index contributed by atoms with van der Waals surface area (Å²) in [5.74, 6) is -0.0752. The van der Waals surface area contributed by atoms with Gasteiger partial charge in [0.1, 0.15) is 0 Å². The summed E-state index contributed by atoms with van der Waals surface area (Å²) >= 11 is 6.88. The Balaban J connectivity index is 1.79. The molecular weight excluding hydrogens is 374 g/mol. The molecule has 0 radical (unpaired) electrons. The number of aromatic nitrogens is 2. The average Bonchev–Trinajstić information content (AvgIpc) is 3.24. The van der Waals surface area contributed by atoms with Crippen molar-refractivity contribution in [2.75, 3.05) is 5.01 Å². The van der Waals surface area contributed by atoms with E-state index in [-0.39, 0.29) is 5.91 Å². The number of thiocarbonyl (C=S) groups is 1. The zero-order valence-electron chi connectivity index (χ0n) is 15.8. The first-order valence-electron chi connectivity index (χ1n) is 8.91. The Bertz CT molecular complexity index is 1080. The van der Waals surface area contributed by atoms with Gasteiger partial charge in [-0.2, -0.15) is 5.01 Å². The average molecular weight is 396 g/mol. The summed E-state index contributed by atoms with van der Waals surface area (Å²) in [6.45, 7) is 8.28. The SMILES string of the molecule is Cc1ccc(C)n1N1C(=O)/C(=C\c2cn(C(C)C)c3ccccc23)SC1=S. The molecular formula is C21H21N3OS2. The Morgan fingerprint density at radius 2 is 1.74 bits per heavy atom. The number of hydrogen-bond acceptors (Lipinski definition) is 3. The van der Waals surface area contributed by atoms with Gasteiger partial charge in [0, 0.05) is 40.1 Å². The summed E-state index contributed by atoms with van der Waals surface area (Å²) in [4.78, 5) is 13.8. The number of nitrogens with zero attached hydrogens (tertiary/aromatic N) is 3. The fraction of sp³-hybridized carbons (Fsp3) is 0.238. The Morgan fingerprint density at radius 3 is 2.41 bits per heavy atom. The van der Waals surface area contributed by atoms with Crippen LogP contribution in [0.4, 0.5) is 0 Å². The third kappa shape index (κ3) is 2.93. The lowest BCUT2D eigenvalue weighted by Gasteiger charge is -2.20. The third-order valence-corrected chi connectivity index (χ3v) is 6.10. The zero-order valence-corrected chi connectivity index (χ0v) is 17.4. The van der Waals surface area contributed by atoms with E-state index in [2.05, 4.69) is 36.7 Å². The maximum absolute atomic E-state index is 13.1. The van der Waals surface area contributed by atoms with Crippen molar-refractivity contribution in [2.45, 2.75) is 33.7 Å². The van der Waals surface area contributed by atoms with Gasteiger partial charge in [-0.25, -0.2) is 0 Å². The zero-order chi connectivity index (χ0) is 19.3. The smallest absolute Gasteiger partial charge is 0.285 e. The molecule has 1 aliphatic rings. The van der Waals surface area contributed by atoms with Crippen LogP contribution < -0.4 is 5.01 Å². The highest BCUT2D eigenvalue weighted by Gasteiger charge is 2.35. The van der Waals surface area contributed by atoms with Crippen LogP contribution in [-0.2, 0) is 4.79 Å². The monoisotopic (exact) mass is 395 g/mol. The number of fused-ring (bicyclic) bond motifs is 1. The molecule has 0 N–H and O–H groups in total. The van der Waals surface area contributed by atoms with Gasteiger partial charge in [0.05, 0.1) is 4.91 Å². The van der Waals surface area contributed by atoms with Crippen LogP contribution in [0.5, 0.6) is 0 Å². The predicted molar refractivity (Wildman–Crippen MR) is 118 cm³/mol. The van der Waals surface area contributed by atoms with E-state index in [1.165, 1.54) is 17.3 Å². The minimum atomic E-state index is -0.0752. The van der Waals surface area contributed by atoms with Crippen molar-refractivity contribution in [1.29, 1.82) is 0 Å². The van der Waals surface area contributed by atoms with Crippen LogP contribution in [0.1, 0.15) is 36.8 Å². The Labute approximate surface area is 168 Å². The Kier molecular flexibility index (Phi) is 4.48. The van der Waals surface area contributed by atoms with Crippen LogP contribution in [-0.4, -0.2) is 19.5 Å². The van der Waals surface area contributed by atoms with Crippen LogP contribution in [0, 0.1) is 13.8 Å². The first kappa shape index (κ1) is 18.1. The maximum Gasteiger partial charge on any atom is 0.285 e. The molecule has 3 aromatic rings. The minimum absolute atomic E-state index is 0.0752. The molecule has 0 spiro atoms.